The second-order valence-corrected chi connectivity index (χ2v) is 5.35. The van der Waals surface area contributed by atoms with Crippen molar-refractivity contribution in [2.24, 2.45) is 11.7 Å². The molecule has 0 saturated heterocycles. The van der Waals surface area contributed by atoms with Crippen molar-refractivity contribution in [3.8, 4) is 0 Å². The monoisotopic (exact) mass is 264 g/mol. The minimum absolute atomic E-state index is 0.00882. The zero-order valence-electron chi connectivity index (χ0n) is 11.9. The van der Waals surface area contributed by atoms with Crippen molar-refractivity contribution in [3.05, 3.63) is 22.7 Å². The second kappa shape index (κ2) is 6.19. The van der Waals surface area contributed by atoms with Gasteiger partial charge < -0.3 is 15.2 Å². The number of hydrogen-bond donors (Lipinski definition) is 1. The van der Waals surface area contributed by atoms with Crippen LogP contribution in [0.5, 0.6) is 0 Å². The number of hydrogen-bond acceptors (Lipinski definition) is 4. The van der Waals surface area contributed by atoms with Gasteiger partial charge in [-0.25, -0.2) is 4.98 Å². The first-order chi connectivity index (χ1) is 9.19. The third kappa shape index (κ3) is 2.81. The molecule has 0 bridgehead atoms. The lowest BCUT2D eigenvalue weighted by molar-refractivity contribution is 0.469. The van der Waals surface area contributed by atoms with E-state index in [1.54, 1.807) is 17.0 Å². The van der Waals surface area contributed by atoms with Crippen LogP contribution in [-0.4, -0.2) is 29.2 Å². The lowest BCUT2D eigenvalue weighted by Gasteiger charge is -2.29. The number of anilines is 1. The van der Waals surface area contributed by atoms with Gasteiger partial charge in [0.25, 0.3) is 5.56 Å². The Morgan fingerprint density at radius 3 is 3.00 bits per heavy atom. The molecule has 1 fully saturated rings. The first-order valence-corrected chi connectivity index (χ1v) is 7.17. The minimum Gasteiger partial charge on any atom is -0.352 e. The van der Waals surface area contributed by atoms with Crippen molar-refractivity contribution in [2.75, 3.05) is 18.5 Å². The van der Waals surface area contributed by atoms with Crippen LogP contribution in [0, 0.1) is 5.92 Å². The summed E-state index contributed by atoms with van der Waals surface area (Å²) >= 11 is 0. The second-order valence-electron chi connectivity index (χ2n) is 5.35. The lowest BCUT2D eigenvalue weighted by atomic mass is 10.0. The van der Waals surface area contributed by atoms with E-state index in [2.05, 4.69) is 11.9 Å². The van der Waals surface area contributed by atoms with Gasteiger partial charge in [-0.1, -0.05) is 13.3 Å². The fourth-order valence-electron chi connectivity index (χ4n) is 3.05. The summed E-state index contributed by atoms with van der Waals surface area (Å²) < 4.78 is 1.74. The van der Waals surface area contributed by atoms with Gasteiger partial charge in [0, 0.05) is 32.0 Å². The van der Waals surface area contributed by atoms with Crippen molar-refractivity contribution >= 4 is 5.82 Å². The van der Waals surface area contributed by atoms with Gasteiger partial charge in [-0.15, -0.1) is 0 Å². The molecule has 2 unspecified atom stereocenters. The van der Waals surface area contributed by atoms with Crippen molar-refractivity contribution < 1.29 is 0 Å². The van der Waals surface area contributed by atoms with Crippen LogP contribution >= 0.6 is 0 Å². The van der Waals surface area contributed by atoms with Crippen LogP contribution in [-0.2, 0) is 6.54 Å². The number of aromatic nitrogens is 2. The minimum atomic E-state index is 0.00882. The average molecular weight is 264 g/mol. The predicted octanol–water partition coefficient (Wildman–Crippen LogP) is 1.22. The molecule has 0 spiro atoms. The van der Waals surface area contributed by atoms with Gasteiger partial charge in [-0.05, 0) is 31.7 Å². The van der Waals surface area contributed by atoms with E-state index in [1.807, 2.05) is 11.9 Å². The quantitative estimate of drug-likeness (QED) is 0.868. The first kappa shape index (κ1) is 14.1. The van der Waals surface area contributed by atoms with E-state index in [0.717, 1.165) is 25.8 Å². The molecule has 5 heteroatoms. The van der Waals surface area contributed by atoms with Gasteiger partial charge in [0.2, 0.25) is 0 Å². The van der Waals surface area contributed by atoms with Crippen molar-refractivity contribution in [3.63, 3.8) is 0 Å². The zero-order chi connectivity index (χ0) is 13.8. The average Bonchev–Trinajstić information content (AvgIpc) is 2.89. The fraction of sp³-hybridized carbons (Fsp3) is 0.714. The Bertz CT molecular complexity index is 471. The standard InChI is InChI=1S/C14H24N4O/c1-3-8-18-9-7-16-13(14(18)19)17(2)12-6-4-5-11(12)10-15/h7,9,11-12H,3-6,8,10,15H2,1-2H3. The van der Waals surface area contributed by atoms with Crippen LogP contribution in [0.1, 0.15) is 32.6 Å². The van der Waals surface area contributed by atoms with Gasteiger partial charge in [0.05, 0.1) is 0 Å². The molecule has 2 atom stereocenters. The van der Waals surface area contributed by atoms with Gasteiger partial charge in [-0.3, -0.25) is 4.79 Å². The molecule has 1 saturated carbocycles. The van der Waals surface area contributed by atoms with Crippen LogP contribution in [0.3, 0.4) is 0 Å². The Balaban J connectivity index is 2.26. The van der Waals surface area contributed by atoms with Gasteiger partial charge in [-0.2, -0.15) is 0 Å². The highest BCUT2D eigenvalue weighted by Crippen LogP contribution is 2.29. The van der Waals surface area contributed by atoms with Crippen molar-refractivity contribution in [1.82, 2.24) is 9.55 Å². The van der Waals surface area contributed by atoms with Crippen LogP contribution < -0.4 is 16.2 Å². The summed E-state index contributed by atoms with van der Waals surface area (Å²) in [5, 5.41) is 0. The van der Waals surface area contributed by atoms with Crippen LogP contribution in [0.4, 0.5) is 5.82 Å². The van der Waals surface area contributed by atoms with E-state index in [0.29, 0.717) is 24.3 Å². The topological polar surface area (TPSA) is 64.2 Å². The Morgan fingerprint density at radius 1 is 1.53 bits per heavy atom. The molecule has 1 heterocycles. The van der Waals surface area contributed by atoms with E-state index < -0.39 is 0 Å². The highest BCUT2D eigenvalue weighted by molar-refractivity contribution is 5.36. The van der Waals surface area contributed by atoms with E-state index in [4.69, 9.17) is 5.73 Å². The molecule has 0 aromatic carbocycles. The van der Waals surface area contributed by atoms with Gasteiger partial charge >= 0.3 is 0 Å². The summed E-state index contributed by atoms with van der Waals surface area (Å²) in [6.07, 6.45) is 7.87. The summed E-state index contributed by atoms with van der Waals surface area (Å²) in [5.74, 6) is 1.03. The SMILES string of the molecule is CCCn1ccnc(N(C)C2CCCC2CN)c1=O. The van der Waals surface area contributed by atoms with E-state index in [9.17, 15) is 4.79 Å². The molecule has 2 rings (SSSR count). The Morgan fingerprint density at radius 2 is 2.32 bits per heavy atom. The first-order valence-electron chi connectivity index (χ1n) is 7.17. The summed E-state index contributed by atoms with van der Waals surface area (Å²) in [4.78, 5) is 18.7. The van der Waals surface area contributed by atoms with E-state index >= 15 is 0 Å². The third-order valence-electron chi connectivity index (χ3n) is 4.11. The molecule has 106 valence electrons. The molecule has 5 nitrogen and oxygen atoms in total. The molecular weight excluding hydrogens is 240 g/mol. The van der Waals surface area contributed by atoms with E-state index in [-0.39, 0.29) is 5.56 Å². The maximum Gasteiger partial charge on any atom is 0.293 e. The number of nitrogens with zero attached hydrogens (tertiary/aromatic N) is 3. The number of aryl methyl sites for hydroxylation is 1. The molecule has 0 aliphatic heterocycles. The third-order valence-corrected chi connectivity index (χ3v) is 4.11. The predicted molar refractivity (Wildman–Crippen MR) is 77.4 cm³/mol. The van der Waals surface area contributed by atoms with Crippen LogP contribution in [0.2, 0.25) is 0 Å². The summed E-state index contributed by atoms with van der Waals surface area (Å²) in [6, 6.07) is 0.350. The highest BCUT2D eigenvalue weighted by atomic mass is 16.1. The summed E-state index contributed by atoms with van der Waals surface area (Å²) in [6.45, 7) is 3.50. The Labute approximate surface area is 114 Å². The summed E-state index contributed by atoms with van der Waals surface area (Å²) in [5.41, 5.74) is 5.83. The smallest absolute Gasteiger partial charge is 0.293 e. The largest absolute Gasteiger partial charge is 0.352 e. The van der Waals surface area contributed by atoms with Crippen molar-refractivity contribution in [2.45, 2.75) is 45.2 Å². The van der Waals surface area contributed by atoms with E-state index in [1.165, 1.54) is 6.42 Å². The fourth-order valence-corrected chi connectivity index (χ4v) is 3.05. The Hall–Kier alpha value is -1.36. The van der Waals surface area contributed by atoms with Gasteiger partial charge in [0.1, 0.15) is 0 Å². The molecule has 1 aromatic heterocycles. The molecule has 1 aliphatic carbocycles. The van der Waals surface area contributed by atoms with Crippen LogP contribution in [0.25, 0.3) is 0 Å². The van der Waals surface area contributed by atoms with Crippen molar-refractivity contribution in [1.29, 1.82) is 0 Å². The van der Waals surface area contributed by atoms with Crippen LogP contribution in [0.15, 0.2) is 17.2 Å². The summed E-state index contributed by atoms with van der Waals surface area (Å²) in [7, 11) is 1.97. The molecule has 0 radical (unpaired) electrons. The van der Waals surface area contributed by atoms with Gasteiger partial charge in [0.15, 0.2) is 5.82 Å². The molecule has 1 aliphatic rings. The maximum absolute atomic E-state index is 12.4. The Kier molecular flexibility index (Phi) is 4.58. The molecular formula is C14H24N4O. The molecule has 19 heavy (non-hydrogen) atoms. The lowest BCUT2D eigenvalue weighted by Crippen LogP contribution is -2.41. The number of rotatable bonds is 5. The molecule has 1 aromatic rings. The number of nitrogens with two attached hydrogens (primary N) is 1. The highest BCUT2D eigenvalue weighted by Gasteiger charge is 2.31. The zero-order valence-corrected chi connectivity index (χ0v) is 11.9. The maximum atomic E-state index is 12.4. The molecule has 0 amide bonds. The molecule has 2 N–H and O–H groups in total. The normalized spacial score (nSPS) is 22.7.